The minimum Gasteiger partial charge on any atom is -0.377 e. The predicted octanol–water partition coefficient (Wildman–Crippen LogP) is -0.0894. The summed E-state index contributed by atoms with van der Waals surface area (Å²) in [7, 11) is -8.32. The summed E-state index contributed by atoms with van der Waals surface area (Å²) >= 11 is 0. The molecule has 0 bridgehead atoms. The molecule has 0 aliphatic heterocycles. The van der Waals surface area contributed by atoms with E-state index in [2.05, 4.69) is 0 Å². The second kappa shape index (κ2) is 4.96. The highest BCUT2D eigenvalue weighted by Gasteiger charge is 2.31. The van der Waals surface area contributed by atoms with E-state index in [1.165, 1.54) is 12.1 Å². The van der Waals surface area contributed by atoms with Gasteiger partial charge in [0.15, 0.2) is 10.9 Å². The Balaban J connectivity index is 3.62. The molecule has 2 atom stereocenters. The van der Waals surface area contributed by atoms with Crippen molar-refractivity contribution in [2.24, 2.45) is 0 Å². The molecule has 8 heteroatoms. The van der Waals surface area contributed by atoms with Gasteiger partial charge in [0, 0.05) is 0 Å². The van der Waals surface area contributed by atoms with Crippen molar-refractivity contribution >= 4 is 19.7 Å². The summed E-state index contributed by atoms with van der Waals surface area (Å²) in [6, 6.07) is 4.85. The van der Waals surface area contributed by atoms with E-state index >= 15 is 0 Å². The first-order valence-corrected chi connectivity index (χ1v) is 8.14. The van der Waals surface area contributed by atoms with Gasteiger partial charge in [0.2, 0.25) is 19.7 Å². The van der Waals surface area contributed by atoms with Gasteiger partial charge in [-0.3, -0.25) is 0 Å². The summed E-state index contributed by atoms with van der Waals surface area (Å²) < 4.78 is 47.3. The van der Waals surface area contributed by atoms with Crippen LogP contribution in [0.4, 0.5) is 0 Å². The molecule has 1 aromatic carbocycles. The van der Waals surface area contributed by atoms with Crippen molar-refractivity contribution in [3.8, 4) is 0 Å². The van der Waals surface area contributed by atoms with Gasteiger partial charge in [0.25, 0.3) is 0 Å². The average Bonchev–Trinajstić information content (AvgIpc) is 2.28. The first kappa shape index (κ1) is 15.1. The van der Waals surface area contributed by atoms with Crippen LogP contribution >= 0.6 is 0 Å². The maximum Gasteiger partial charge on any atom is 0.205 e. The minimum absolute atomic E-state index is 0.513. The SMILES string of the molecule is CC(O)S(=O)(=O)c1ccccc1S(=O)(=O)C(C)O. The fraction of sp³-hybridized carbons (Fsp3) is 0.400. The standard InChI is InChI=1S/C10H14O6S2/c1-7(11)17(13,14)9-5-3-4-6-10(9)18(15,16)8(2)12/h3-8,11-12H,1-2H3. The third-order valence-electron chi connectivity index (χ3n) is 2.36. The van der Waals surface area contributed by atoms with Gasteiger partial charge in [-0.2, -0.15) is 0 Å². The molecule has 0 fully saturated rings. The Bertz CT molecular complexity index is 571. The van der Waals surface area contributed by atoms with Crippen LogP contribution in [0.25, 0.3) is 0 Å². The van der Waals surface area contributed by atoms with Crippen LogP contribution in [-0.4, -0.2) is 37.9 Å². The van der Waals surface area contributed by atoms with Crippen molar-refractivity contribution < 1.29 is 27.0 Å². The molecule has 0 amide bonds. The molecule has 1 rings (SSSR count). The zero-order valence-corrected chi connectivity index (χ0v) is 11.4. The van der Waals surface area contributed by atoms with Gasteiger partial charge in [-0.1, -0.05) is 12.1 Å². The van der Waals surface area contributed by atoms with E-state index in [0.717, 1.165) is 26.0 Å². The van der Waals surface area contributed by atoms with Crippen molar-refractivity contribution in [1.29, 1.82) is 0 Å². The highest BCUT2D eigenvalue weighted by molar-refractivity contribution is 7.95. The zero-order valence-electron chi connectivity index (χ0n) is 9.81. The molecular weight excluding hydrogens is 280 g/mol. The average molecular weight is 294 g/mol. The van der Waals surface area contributed by atoms with E-state index < -0.39 is 40.3 Å². The maximum atomic E-state index is 11.8. The smallest absolute Gasteiger partial charge is 0.205 e. The number of aliphatic hydroxyl groups is 2. The molecule has 0 spiro atoms. The van der Waals surface area contributed by atoms with Crippen LogP contribution in [0.5, 0.6) is 0 Å². The zero-order chi connectivity index (χ0) is 14.1. The van der Waals surface area contributed by atoms with Gasteiger partial charge >= 0.3 is 0 Å². The van der Waals surface area contributed by atoms with Crippen molar-refractivity contribution in [2.45, 2.75) is 34.5 Å². The first-order chi connectivity index (χ1) is 8.11. The van der Waals surface area contributed by atoms with E-state index in [-0.39, 0.29) is 0 Å². The molecule has 18 heavy (non-hydrogen) atoms. The molecule has 6 nitrogen and oxygen atoms in total. The summed E-state index contributed by atoms with van der Waals surface area (Å²) in [6.07, 6.45) is 0. The van der Waals surface area contributed by atoms with Gasteiger partial charge in [0.05, 0.1) is 9.79 Å². The largest absolute Gasteiger partial charge is 0.377 e. The maximum absolute atomic E-state index is 11.8. The third kappa shape index (κ3) is 2.56. The topological polar surface area (TPSA) is 109 Å². The summed E-state index contributed by atoms with van der Waals surface area (Å²) in [5.74, 6) is 0. The summed E-state index contributed by atoms with van der Waals surface area (Å²) in [6.45, 7) is 2.06. The van der Waals surface area contributed by atoms with E-state index in [9.17, 15) is 27.0 Å². The van der Waals surface area contributed by atoms with Crippen molar-refractivity contribution in [2.75, 3.05) is 0 Å². The fourth-order valence-corrected chi connectivity index (χ4v) is 3.95. The lowest BCUT2D eigenvalue weighted by Crippen LogP contribution is -2.23. The molecular formula is C10H14O6S2. The van der Waals surface area contributed by atoms with Crippen LogP contribution in [0.2, 0.25) is 0 Å². The lowest BCUT2D eigenvalue weighted by atomic mass is 10.4. The van der Waals surface area contributed by atoms with Crippen molar-refractivity contribution in [3.63, 3.8) is 0 Å². The first-order valence-electron chi connectivity index (χ1n) is 5.04. The van der Waals surface area contributed by atoms with Crippen LogP contribution < -0.4 is 0 Å². The Hall–Kier alpha value is -0.960. The number of aliphatic hydroxyl groups excluding tert-OH is 2. The van der Waals surface area contributed by atoms with Gasteiger partial charge in [-0.05, 0) is 26.0 Å². The molecule has 0 heterocycles. The highest BCUT2D eigenvalue weighted by atomic mass is 32.2. The second-order valence-electron chi connectivity index (χ2n) is 3.74. The Labute approximate surface area is 106 Å². The van der Waals surface area contributed by atoms with Crippen molar-refractivity contribution in [3.05, 3.63) is 24.3 Å². The Kier molecular flexibility index (Phi) is 4.16. The fourth-order valence-electron chi connectivity index (χ4n) is 1.29. The number of benzene rings is 1. The molecule has 0 saturated carbocycles. The summed E-state index contributed by atoms with van der Waals surface area (Å²) in [4.78, 5) is -1.03. The molecule has 0 aromatic heterocycles. The molecule has 1 aromatic rings. The van der Waals surface area contributed by atoms with Crippen molar-refractivity contribution in [1.82, 2.24) is 0 Å². The molecule has 0 aliphatic carbocycles. The van der Waals surface area contributed by atoms with Gasteiger partial charge in [-0.15, -0.1) is 0 Å². The Morgan fingerprint density at radius 2 is 1.11 bits per heavy atom. The molecule has 0 saturated heterocycles. The molecule has 0 aliphatic rings. The number of hydrogen-bond donors (Lipinski definition) is 2. The van der Waals surface area contributed by atoms with Crippen LogP contribution in [0.3, 0.4) is 0 Å². The molecule has 0 radical (unpaired) electrons. The van der Waals surface area contributed by atoms with E-state index in [4.69, 9.17) is 0 Å². The Morgan fingerprint density at radius 3 is 1.33 bits per heavy atom. The van der Waals surface area contributed by atoms with Crippen LogP contribution in [0.1, 0.15) is 13.8 Å². The number of rotatable bonds is 4. The number of sulfone groups is 2. The lowest BCUT2D eigenvalue weighted by molar-refractivity contribution is 0.266. The Morgan fingerprint density at radius 1 is 0.833 bits per heavy atom. The minimum atomic E-state index is -4.16. The van der Waals surface area contributed by atoms with Gasteiger partial charge < -0.3 is 10.2 Å². The summed E-state index contributed by atoms with van der Waals surface area (Å²) in [5, 5.41) is 18.4. The van der Waals surface area contributed by atoms with Crippen LogP contribution in [0, 0.1) is 0 Å². The lowest BCUT2D eigenvalue weighted by Gasteiger charge is -2.13. The van der Waals surface area contributed by atoms with E-state index in [1.807, 2.05) is 0 Å². The van der Waals surface area contributed by atoms with Gasteiger partial charge in [-0.25, -0.2) is 16.8 Å². The van der Waals surface area contributed by atoms with Crippen LogP contribution in [0.15, 0.2) is 34.1 Å². The van der Waals surface area contributed by atoms with Gasteiger partial charge in [0.1, 0.15) is 0 Å². The summed E-state index contributed by atoms with van der Waals surface area (Å²) in [5.41, 5.74) is -3.47. The predicted molar refractivity (Wildman–Crippen MR) is 64.2 cm³/mol. The molecule has 2 N–H and O–H groups in total. The molecule has 2 unspecified atom stereocenters. The second-order valence-corrected chi connectivity index (χ2v) is 8.16. The quantitative estimate of drug-likeness (QED) is 0.803. The van der Waals surface area contributed by atoms with E-state index in [1.54, 1.807) is 0 Å². The normalized spacial score (nSPS) is 16.2. The third-order valence-corrected chi connectivity index (χ3v) is 6.22. The molecule has 102 valence electrons. The van der Waals surface area contributed by atoms with Crippen LogP contribution in [-0.2, 0) is 19.7 Å². The van der Waals surface area contributed by atoms with E-state index in [0.29, 0.717) is 0 Å². The monoisotopic (exact) mass is 294 g/mol. The highest BCUT2D eigenvalue weighted by Crippen LogP contribution is 2.26. The number of hydrogen-bond acceptors (Lipinski definition) is 6.